The zero-order valence-electron chi connectivity index (χ0n) is 12.8. The predicted octanol–water partition coefficient (Wildman–Crippen LogP) is 3.32. The number of anilines is 1. The summed E-state index contributed by atoms with van der Waals surface area (Å²) in [5.74, 6) is -0.953. The van der Waals surface area contributed by atoms with E-state index < -0.39 is 5.97 Å². The highest BCUT2D eigenvalue weighted by molar-refractivity contribution is 7.80. The van der Waals surface area contributed by atoms with Crippen LogP contribution in [-0.2, 0) is 0 Å². The van der Waals surface area contributed by atoms with Crippen LogP contribution < -0.4 is 10.7 Å². The Hall–Kier alpha value is -2.73. The molecule has 0 spiro atoms. The van der Waals surface area contributed by atoms with Gasteiger partial charge in [-0.2, -0.15) is 5.10 Å². The van der Waals surface area contributed by atoms with Crippen LogP contribution >= 0.6 is 12.2 Å². The molecule has 0 atom stereocenters. The van der Waals surface area contributed by atoms with Gasteiger partial charge in [0.2, 0.25) is 0 Å². The van der Waals surface area contributed by atoms with Crippen LogP contribution in [0.4, 0.5) is 5.69 Å². The Kier molecular flexibility index (Phi) is 5.43. The molecule has 23 heavy (non-hydrogen) atoms. The lowest BCUT2D eigenvalue weighted by atomic mass is 10.1. The van der Waals surface area contributed by atoms with Crippen molar-refractivity contribution < 1.29 is 9.90 Å². The average Bonchev–Trinajstić information content (AvgIpc) is 2.51. The number of hydrogen-bond acceptors (Lipinski definition) is 3. The first-order valence-corrected chi connectivity index (χ1v) is 7.37. The van der Waals surface area contributed by atoms with Gasteiger partial charge in [0, 0.05) is 5.69 Å². The summed E-state index contributed by atoms with van der Waals surface area (Å²) >= 11 is 5.20. The molecular formula is C17H17N3O2S. The van der Waals surface area contributed by atoms with E-state index in [9.17, 15) is 4.79 Å². The second kappa shape index (κ2) is 7.51. The van der Waals surface area contributed by atoms with Gasteiger partial charge in [-0.05, 0) is 61.0 Å². The van der Waals surface area contributed by atoms with E-state index in [0.29, 0.717) is 5.11 Å². The minimum Gasteiger partial charge on any atom is -0.478 e. The van der Waals surface area contributed by atoms with Crippen molar-refractivity contribution in [1.29, 1.82) is 0 Å². The van der Waals surface area contributed by atoms with Gasteiger partial charge in [0.15, 0.2) is 5.11 Å². The van der Waals surface area contributed by atoms with Crippen molar-refractivity contribution in [3.8, 4) is 0 Å². The van der Waals surface area contributed by atoms with Gasteiger partial charge < -0.3 is 10.4 Å². The molecule has 0 aliphatic carbocycles. The first-order valence-electron chi connectivity index (χ1n) is 6.96. The van der Waals surface area contributed by atoms with Crippen molar-refractivity contribution >= 4 is 35.2 Å². The topological polar surface area (TPSA) is 73.7 Å². The number of rotatable bonds is 4. The number of hydrogen-bond donors (Lipinski definition) is 3. The standard InChI is InChI=1S/C17H17N3O2S/c1-11-3-4-12(2)15(9-11)19-17(23)20-18-10-13-5-7-14(8-6-13)16(21)22/h3-10H,1-2H3,(H,21,22)(H2,19,20,23)/b18-10-. The van der Waals surface area contributed by atoms with E-state index >= 15 is 0 Å². The van der Waals surface area contributed by atoms with E-state index in [2.05, 4.69) is 15.8 Å². The highest BCUT2D eigenvalue weighted by atomic mass is 32.1. The summed E-state index contributed by atoms with van der Waals surface area (Å²) in [7, 11) is 0. The minimum atomic E-state index is -0.953. The van der Waals surface area contributed by atoms with Gasteiger partial charge in [0.1, 0.15) is 0 Å². The molecule has 0 amide bonds. The molecule has 2 rings (SSSR count). The van der Waals surface area contributed by atoms with Crippen LogP contribution in [0, 0.1) is 13.8 Å². The van der Waals surface area contributed by atoms with Crippen molar-refractivity contribution in [1.82, 2.24) is 5.43 Å². The van der Waals surface area contributed by atoms with Crippen LogP contribution in [0.1, 0.15) is 27.0 Å². The van der Waals surface area contributed by atoms with E-state index in [1.54, 1.807) is 18.3 Å². The zero-order valence-corrected chi connectivity index (χ0v) is 13.6. The number of thiocarbonyl (C=S) groups is 1. The third kappa shape index (κ3) is 4.89. The van der Waals surface area contributed by atoms with E-state index in [1.807, 2.05) is 32.0 Å². The SMILES string of the molecule is Cc1ccc(C)c(NC(=S)N/N=C\c2ccc(C(=O)O)cc2)c1. The fourth-order valence-electron chi connectivity index (χ4n) is 1.90. The van der Waals surface area contributed by atoms with Gasteiger partial charge >= 0.3 is 5.97 Å². The first-order chi connectivity index (χ1) is 11.0. The second-order valence-electron chi connectivity index (χ2n) is 5.07. The monoisotopic (exact) mass is 327 g/mol. The summed E-state index contributed by atoms with van der Waals surface area (Å²) < 4.78 is 0. The van der Waals surface area contributed by atoms with Crippen molar-refractivity contribution in [3.05, 3.63) is 64.7 Å². The molecule has 0 aliphatic heterocycles. The van der Waals surface area contributed by atoms with Gasteiger partial charge in [-0.25, -0.2) is 4.79 Å². The number of nitrogens with zero attached hydrogens (tertiary/aromatic N) is 1. The molecule has 0 bridgehead atoms. The minimum absolute atomic E-state index is 0.238. The Labute approximate surface area is 140 Å². The summed E-state index contributed by atoms with van der Waals surface area (Å²) in [6.07, 6.45) is 1.57. The Morgan fingerprint density at radius 3 is 2.52 bits per heavy atom. The number of aromatic carboxylic acids is 1. The Morgan fingerprint density at radius 1 is 1.17 bits per heavy atom. The average molecular weight is 327 g/mol. The smallest absolute Gasteiger partial charge is 0.335 e. The highest BCUT2D eigenvalue weighted by Crippen LogP contribution is 2.16. The predicted molar refractivity (Wildman–Crippen MR) is 96.3 cm³/mol. The summed E-state index contributed by atoms with van der Waals surface area (Å²) in [4.78, 5) is 10.8. The van der Waals surface area contributed by atoms with Crippen molar-refractivity contribution in [3.63, 3.8) is 0 Å². The van der Waals surface area contributed by atoms with Gasteiger partial charge in [0.05, 0.1) is 11.8 Å². The van der Waals surface area contributed by atoms with E-state index in [-0.39, 0.29) is 5.56 Å². The van der Waals surface area contributed by atoms with E-state index in [4.69, 9.17) is 17.3 Å². The molecule has 0 aliphatic rings. The normalized spacial score (nSPS) is 10.5. The Morgan fingerprint density at radius 2 is 1.87 bits per heavy atom. The lowest BCUT2D eigenvalue weighted by molar-refractivity contribution is 0.0697. The first kappa shape index (κ1) is 16.6. The van der Waals surface area contributed by atoms with Crippen LogP contribution in [0.15, 0.2) is 47.6 Å². The molecular weight excluding hydrogens is 310 g/mol. The van der Waals surface area contributed by atoms with Crippen LogP contribution in [0.25, 0.3) is 0 Å². The zero-order chi connectivity index (χ0) is 16.8. The van der Waals surface area contributed by atoms with Crippen LogP contribution in [0.2, 0.25) is 0 Å². The largest absolute Gasteiger partial charge is 0.478 e. The van der Waals surface area contributed by atoms with Crippen LogP contribution in [-0.4, -0.2) is 22.4 Å². The van der Waals surface area contributed by atoms with Gasteiger partial charge in [-0.3, -0.25) is 5.43 Å². The maximum absolute atomic E-state index is 10.8. The number of carboxylic acid groups (broad SMARTS) is 1. The molecule has 0 fully saturated rings. The summed E-state index contributed by atoms with van der Waals surface area (Å²) in [5.41, 5.74) is 6.92. The number of aryl methyl sites for hydroxylation is 2. The van der Waals surface area contributed by atoms with Crippen molar-refractivity contribution in [2.45, 2.75) is 13.8 Å². The molecule has 0 aromatic heterocycles. The van der Waals surface area contributed by atoms with E-state index in [1.165, 1.54) is 12.1 Å². The summed E-state index contributed by atoms with van der Waals surface area (Å²) in [6.45, 7) is 4.01. The Balaban J connectivity index is 1.93. The molecule has 0 saturated heterocycles. The number of carbonyl (C=O) groups is 1. The van der Waals surface area contributed by atoms with Crippen molar-refractivity contribution in [2.24, 2.45) is 5.10 Å². The lowest BCUT2D eigenvalue weighted by Crippen LogP contribution is -2.24. The fourth-order valence-corrected chi connectivity index (χ4v) is 2.06. The Bertz CT molecular complexity index is 755. The molecule has 5 nitrogen and oxygen atoms in total. The molecule has 0 unspecified atom stereocenters. The molecule has 6 heteroatoms. The summed E-state index contributed by atoms with van der Waals surface area (Å²) in [6, 6.07) is 12.5. The lowest BCUT2D eigenvalue weighted by Gasteiger charge is -2.10. The number of benzene rings is 2. The van der Waals surface area contributed by atoms with Crippen LogP contribution in [0.5, 0.6) is 0 Å². The summed E-state index contributed by atoms with van der Waals surface area (Å²) in [5, 5.41) is 16.3. The third-order valence-electron chi connectivity index (χ3n) is 3.18. The number of nitrogens with one attached hydrogen (secondary N) is 2. The molecule has 118 valence electrons. The van der Waals surface area contributed by atoms with Crippen molar-refractivity contribution in [2.75, 3.05) is 5.32 Å². The molecule has 0 saturated carbocycles. The highest BCUT2D eigenvalue weighted by Gasteiger charge is 2.02. The quantitative estimate of drug-likeness (QED) is 0.456. The third-order valence-corrected chi connectivity index (χ3v) is 3.37. The fraction of sp³-hybridized carbons (Fsp3) is 0.118. The molecule has 0 heterocycles. The number of carboxylic acids is 1. The van der Waals surface area contributed by atoms with Gasteiger partial charge in [-0.1, -0.05) is 24.3 Å². The van der Waals surface area contributed by atoms with Gasteiger partial charge in [0.25, 0.3) is 0 Å². The number of hydrazone groups is 1. The molecule has 3 N–H and O–H groups in total. The molecule has 2 aromatic carbocycles. The van der Waals surface area contributed by atoms with E-state index in [0.717, 1.165) is 22.4 Å². The maximum atomic E-state index is 10.8. The van der Waals surface area contributed by atoms with Gasteiger partial charge in [-0.15, -0.1) is 0 Å². The maximum Gasteiger partial charge on any atom is 0.335 e. The molecule has 2 aromatic rings. The second-order valence-corrected chi connectivity index (χ2v) is 5.48. The van der Waals surface area contributed by atoms with Crippen LogP contribution in [0.3, 0.4) is 0 Å². The molecule has 0 radical (unpaired) electrons.